The van der Waals surface area contributed by atoms with Gasteiger partial charge in [-0.3, -0.25) is 0 Å². The quantitative estimate of drug-likeness (QED) is 0.774. The van der Waals surface area contributed by atoms with Crippen molar-refractivity contribution in [2.45, 2.75) is 42.8 Å². The van der Waals surface area contributed by atoms with E-state index < -0.39 is 0 Å². The predicted octanol–water partition coefficient (Wildman–Crippen LogP) is 2.47. The second-order valence-electron chi connectivity index (χ2n) is 4.31. The van der Waals surface area contributed by atoms with Crippen LogP contribution in [0.15, 0.2) is 4.34 Å². The second kappa shape index (κ2) is 7.18. The molecule has 0 aliphatic rings. The molecular formula is C11H22N4S2. The zero-order valence-electron chi connectivity index (χ0n) is 11.2. The van der Waals surface area contributed by atoms with Crippen molar-refractivity contribution >= 4 is 28.2 Å². The number of thioether (sulfide) groups is 1. The van der Waals surface area contributed by atoms with Crippen LogP contribution in [0.5, 0.6) is 0 Å². The van der Waals surface area contributed by atoms with Crippen LogP contribution in [0.1, 0.15) is 27.2 Å². The summed E-state index contributed by atoms with van der Waals surface area (Å²) in [5.74, 6) is 0. The zero-order valence-corrected chi connectivity index (χ0v) is 12.9. The van der Waals surface area contributed by atoms with Crippen molar-refractivity contribution in [2.75, 3.05) is 25.5 Å². The largest absolute Gasteiger partial charge is 0.353 e. The minimum Gasteiger partial charge on any atom is -0.353 e. The molecule has 0 spiro atoms. The van der Waals surface area contributed by atoms with Crippen molar-refractivity contribution in [3.8, 4) is 0 Å². The van der Waals surface area contributed by atoms with Crippen molar-refractivity contribution in [1.82, 2.24) is 15.5 Å². The van der Waals surface area contributed by atoms with Gasteiger partial charge < -0.3 is 10.2 Å². The van der Waals surface area contributed by atoms with Crippen LogP contribution >= 0.6 is 23.1 Å². The van der Waals surface area contributed by atoms with Gasteiger partial charge in [0, 0.05) is 25.4 Å². The first-order valence-electron chi connectivity index (χ1n) is 5.95. The van der Waals surface area contributed by atoms with Gasteiger partial charge in [-0.25, -0.2) is 0 Å². The van der Waals surface area contributed by atoms with Gasteiger partial charge in [0.05, 0.1) is 0 Å². The molecule has 1 rings (SSSR count). The summed E-state index contributed by atoms with van der Waals surface area (Å²) in [6.45, 7) is 7.71. The van der Waals surface area contributed by atoms with Crippen molar-refractivity contribution in [1.29, 1.82) is 0 Å². The van der Waals surface area contributed by atoms with E-state index >= 15 is 0 Å². The molecule has 0 bridgehead atoms. The number of anilines is 1. The Bertz CT molecular complexity index is 327. The summed E-state index contributed by atoms with van der Waals surface area (Å²) in [4.78, 5) is 1.99. The number of hydrogen-bond donors (Lipinski definition) is 1. The van der Waals surface area contributed by atoms with Crippen LogP contribution in [-0.4, -0.2) is 42.1 Å². The second-order valence-corrected chi connectivity index (χ2v) is 6.89. The van der Waals surface area contributed by atoms with E-state index in [0.29, 0.717) is 11.3 Å². The Labute approximate surface area is 112 Å². The minimum atomic E-state index is 0.492. The van der Waals surface area contributed by atoms with Crippen LogP contribution in [0.4, 0.5) is 5.13 Å². The Kier molecular flexibility index (Phi) is 6.22. The maximum absolute atomic E-state index is 4.20. The normalized spacial score (nSPS) is 14.6. The Balaban J connectivity index is 2.46. The fourth-order valence-corrected chi connectivity index (χ4v) is 3.31. The van der Waals surface area contributed by atoms with E-state index in [1.165, 1.54) is 6.42 Å². The van der Waals surface area contributed by atoms with E-state index in [1.54, 1.807) is 23.1 Å². The first-order valence-corrected chi connectivity index (χ1v) is 7.65. The summed E-state index contributed by atoms with van der Waals surface area (Å²) in [5, 5.41) is 13.3. The zero-order chi connectivity index (χ0) is 12.8. The first kappa shape index (κ1) is 14.7. The average Bonchev–Trinajstić information content (AvgIpc) is 2.74. The minimum absolute atomic E-state index is 0.492. The molecule has 1 heterocycles. The molecule has 0 saturated carbocycles. The lowest BCUT2D eigenvalue weighted by molar-refractivity contribution is 0.542. The molecule has 4 nitrogen and oxygen atoms in total. The molecule has 0 aliphatic heterocycles. The molecule has 0 radical (unpaired) electrons. The fraction of sp³-hybridized carbons (Fsp3) is 0.818. The molecule has 1 aromatic rings. The van der Waals surface area contributed by atoms with E-state index in [9.17, 15) is 0 Å². The Hall–Kier alpha value is -0.330. The standard InChI is InChI=1S/C11H22N4S2/c1-6-7-12-8(2)9(3)16-11-14-13-10(17-11)15(4)5/h8-9,12H,6-7H2,1-5H3. The molecule has 2 atom stereocenters. The highest BCUT2D eigenvalue weighted by Gasteiger charge is 2.15. The lowest BCUT2D eigenvalue weighted by atomic mass is 10.2. The third kappa shape index (κ3) is 4.81. The molecule has 6 heteroatoms. The van der Waals surface area contributed by atoms with Crippen LogP contribution < -0.4 is 10.2 Å². The van der Waals surface area contributed by atoms with E-state index in [4.69, 9.17) is 0 Å². The van der Waals surface area contributed by atoms with Gasteiger partial charge in [0.1, 0.15) is 0 Å². The Morgan fingerprint density at radius 3 is 2.59 bits per heavy atom. The predicted molar refractivity (Wildman–Crippen MR) is 77.3 cm³/mol. The molecule has 1 aromatic heterocycles. The van der Waals surface area contributed by atoms with E-state index in [2.05, 4.69) is 36.3 Å². The van der Waals surface area contributed by atoms with Crippen molar-refractivity contribution < 1.29 is 0 Å². The SMILES string of the molecule is CCCNC(C)C(C)Sc1nnc(N(C)C)s1. The smallest absolute Gasteiger partial charge is 0.208 e. The van der Waals surface area contributed by atoms with Crippen LogP contribution in [0.3, 0.4) is 0 Å². The van der Waals surface area contributed by atoms with Crippen LogP contribution in [-0.2, 0) is 0 Å². The van der Waals surface area contributed by atoms with E-state index in [-0.39, 0.29) is 0 Å². The van der Waals surface area contributed by atoms with Gasteiger partial charge in [0.2, 0.25) is 5.13 Å². The van der Waals surface area contributed by atoms with Crippen LogP contribution in [0, 0.1) is 0 Å². The number of nitrogens with one attached hydrogen (secondary N) is 1. The number of aromatic nitrogens is 2. The molecule has 0 saturated heterocycles. The van der Waals surface area contributed by atoms with Gasteiger partial charge >= 0.3 is 0 Å². The summed E-state index contributed by atoms with van der Waals surface area (Å²) in [6.07, 6.45) is 1.17. The van der Waals surface area contributed by atoms with Crippen molar-refractivity contribution in [3.63, 3.8) is 0 Å². The number of hydrogen-bond acceptors (Lipinski definition) is 6. The van der Waals surface area contributed by atoms with Gasteiger partial charge in [0.25, 0.3) is 0 Å². The highest BCUT2D eigenvalue weighted by atomic mass is 32.2. The third-order valence-electron chi connectivity index (χ3n) is 2.49. The summed E-state index contributed by atoms with van der Waals surface area (Å²) in [6, 6.07) is 0.492. The summed E-state index contributed by atoms with van der Waals surface area (Å²) in [5.41, 5.74) is 0. The third-order valence-corrected chi connectivity index (χ3v) is 4.97. The molecular weight excluding hydrogens is 252 g/mol. The van der Waals surface area contributed by atoms with Gasteiger partial charge in [-0.2, -0.15) is 0 Å². The average molecular weight is 274 g/mol. The first-order chi connectivity index (χ1) is 8.04. The van der Waals surface area contributed by atoms with Gasteiger partial charge in [0.15, 0.2) is 4.34 Å². The van der Waals surface area contributed by atoms with Gasteiger partial charge in [-0.05, 0) is 19.9 Å². The molecule has 2 unspecified atom stereocenters. The van der Waals surface area contributed by atoms with Crippen LogP contribution in [0.25, 0.3) is 0 Å². The lowest BCUT2D eigenvalue weighted by Crippen LogP contribution is -2.34. The highest BCUT2D eigenvalue weighted by Crippen LogP contribution is 2.30. The Morgan fingerprint density at radius 2 is 2.06 bits per heavy atom. The molecule has 0 aromatic carbocycles. The summed E-state index contributed by atoms with van der Waals surface area (Å²) >= 11 is 3.45. The molecule has 98 valence electrons. The highest BCUT2D eigenvalue weighted by molar-refractivity contribution is 8.01. The fourth-order valence-electron chi connectivity index (χ4n) is 1.23. The summed E-state index contributed by atoms with van der Waals surface area (Å²) in [7, 11) is 3.98. The van der Waals surface area contributed by atoms with Crippen molar-refractivity contribution in [2.24, 2.45) is 0 Å². The van der Waals surface area contributed by atoms with Crippen LogP contribution in [0.2, 0.25) is 0 Å². The molecule has 0 fully saturated rings. The van der Waals surface area contributed by atoms with Crippen molar-refractivity contribution in [3.05, 3.63) is 0 Å². The number of nitrogens with zero attached hydrogens (tertiary/aromatic N) is 3. The maximum Gasteiger partial charge on any atom is 0.208 e. The Morgan fingerprint density at radius 1 is 1.35 bits per heavy atom. The van der Waals surface area contributed by atoms with Gasteiger partial charge in [-0.1, -0.05) is 36.9 Å². The lowest BCUT2D eigenvalue weighted by Gasteiger charge is -2.19. The van der Waals surface area contributed by atoms with Gasteiger partial charge in [-0.15, -0.1) is 10.2 Å². The monoisotopic (exact) mass is 274 g/mol. The van der Waals surface area contributed by atoms with E-state index in [0.717, 1.165) is 16.0 Å². The molecule has 0 amide bonds. The topological polar surface area (TPSA) is 41.1 Å². The maximum atomic E-state index is 4.20. The summed E-state index contributed by atoms with van der Waals surface area (Å²) < 4.78 is 1.05. The molecule has 0 aliphatic carbocycles. The van der Waals surface area contributed by atoms with E-state index in [1.807, 2.05) is 19.0 Å². The molecule has 17 heavy (non-hydrogen) atoms. The number of rotatable bonds is 7. The molecule has 1 N–H and O–H groups in total.